The Balaban J connectivity index is 0.000000508. The number of Topliss-reactive ketones (excluding diaryl/α,β-unsaturated/α-hetero) is 1. The van der Waals surface area contributed by atoms with E-state index < -0.39 is 46.5 Å². The molecule has 0 saturated carbocycles. The van der Waals surface area contributed by atoms with Gasteiger partial charge >= 0.3 is 5.97 Å². The molecule has 0 spiro atoms. The van der Waals surface area contributed by atoms with Crippen LogP contribution in [0.4, 0.5) is 5.69 Å². The van der Waals surface area contributed by atoms with Gasteiger partial charge in [0.1, 0.15) is 24.1 Å². The first-order valence-electron chi connectivity index (χ1n) is 12.2. The Bertz CT molecular complexity index is 1250. The van der Waals surface area contributed by atoms with Crippen LogP contribution in [-0.2, 0) is 35.3 Å². The van der Waals surface area contributed by atoms with E-state index in [0.29, 0.717) is 18.6 Å². The molecule has 39 heavy (non-hydrogen) atoms. The maximum Gasteiger partial charge on any atom is 0.356 e. The van der Waals surface area contributed by atoms with Gasteiger partial charge in [-0.15, -0.1) is 11.8 Å². The van der Waals surface area contributed by atoms with Crippen molar-refractivity contribution in [1.82, 2.24) is 10.2 Å². The van der Waals surface area contributed by atoms with Gasteiger partial charge in [-0.3, -0.25) is 29.4 Å². The van der Waals surface area contributed by atoms with E-state index >= 15 is 0 Å². The van der Waals surface area contributed by atoms with Crippen LogP contribution in [0.2, 0.25) is 0 Å². The zero-order chi connectivity index (χ0) is 28.1. The van der Waals surface area contributed by atoms with Crippen molar-refractivity contribution >= 4 is 41.0 Å². The number of fused-ring (bicyclic) bond motifs is 1. The lowest BCUT2D eigenvalue weighted by Crippen LogP contribution is -2.73. The van der Waals surface area contributed by atoms with E-state index in [4.69, 9.17) is 9.47 Å². The third kappa shape index (κ3) is 6.99. The average Bonchev–Trinajstić information content (AvgIpc) is 3.27. The highest BCUT2D eigenvalue weighted by Gasteiger charge is 2.53. The lowest BCUT2D eigenvalue weighted by atomic mass is 10.1. The number of nitro groups is 1. The molecule has 4 unspecified atom stereocenters. The molecular weight excluding hydrogens is 530 g/mol. The van der Waals surface area contributed by atoms with Crippen molar-refractivity contribution in [3.8, 4) is 11.1 Å². The van der Waals surface area contributed by atoms with Crippen molar-refractivity contribution in [3.63, 3.8) is 0 Å². The van der Waals surface area contributed by atoms with Crippen molar-refractivity contribution < 1.29 is 38.7 Å². The highest BCUT2D eigenvalue weighted by molar-refractivity contribution is 8.00. The van der Waals surface area contributed by atoms with Gasteiger partial charge in [0.25, 0.3) is 11.6 Å². The molecule has 2 N–H and O–H groups in total. The molecule has 2 fully saturated rings. The number of ether oxygens (including phenoxy) is 2. The summed E-state index contributed by atoms with van der Waals surface area (Å²) in [6.07, 6.45) is -1.07. The SMILES string of the molecule is CC(=O)NC1C(=O)N(C(O)C(=O)OCc2ccc([N+](=O)[O-])cc2)C1SCC(=O)C1CCCO1.c1cc2cc-2c1. The van der Waals surface area contributed by atoms with E-state index in [0.717, 1.165) is 23.1 Å². The predicted molar refractivity (Wildman–Crippen MR) is 139 cm³/mol. The van der Waals surface area contributed by atoms with E-state index in [2.05, 4.69) is 29.6 Å². The second-order valence-electron chi connectivity index (χ2n) is 9.08. The average molecular weight is 558 g/mol. The first-order chi connectivity index (χ1) is 18.7. The molecule has 4 aliphatic rings. The first-order valence-corrected chi connectivity index (χ1v) is 13.2. The molecule has 2 saturated heterocycles. The third-order valence-electron chi connectivity index (χ3n) is 6.24. The summed E-state index contributed by atoms with van der Waals surface area (Å²) in [7, 11) is 0. The van der Waals surface area contributed by atoms with E-state index in [-0.39, 0.29) is 23.8 Å². The molecule has 1 aromatic carbocycles. The number of amides is 2. The monoisotopic (exact) mass is 557 g/mol. The molecule has 2 amide bonds. The summed E-state index contributed by atoms with van der Waals surface area (Å²) in [5.41, 5.74) is 3.17. The number of β-lactam (4-membered cyclic amide) rings is 1. The number of nitrogens with zero attached hydrogens (tertiary/aromatic N) is 2. The minimum atomic E-state index is -1.95. The molecule has 2 aliphatic carbocycles. The van der Waals surface area contributed by atoms with E-state index in [1.54, 1.807) is 0 Å². The highest BCUT2D eigenvalue weighted by Crippen LogP contribution is 2.33. The Hall–Kier alpha value is -3.81. The van der Waals surface area contributed by atoms with Crippen LogP contribution in [0.3, 0.4) is 0 Å². The molecule has 2 heterocycles. The molecule has 0 bridgehead atoms. The second kappa shape index (κ2) is 12.4. The van der Waals surface area contributed by atoms with E-state index in [1.807, 2.05) is 0 Å². The van der Waals surface area contributed by atoms with Crippen LogP contribution in [0.5, 0.6) is 0 Å². The number of aliphatic hydroxyl groups is 1. The quantitative estimate of drug-likeness (QED) is 0.162. The third-order valence-corrected chi connectivity index (χ3v) is 7.53. The standard InChI is InChI=1S/C20H23N3O9S.C6H4/c1-11(24)21-16-17(26)22(19(16)33-10-14(25)15-3-2-8-31-15)18(27)20(28)32-9-12-4-6-13(7-5-12)23(29)30;1-2-5-4-6(5)3-1/h4-7,15-16,18-19,27H,2-3,8-10H2,1H3,(H,21,24);1-4H. The summed E-state index contributed by atoms with van der Waals surface area (Å²) >= 11 is 1.01. The number of ketones is 1. The van der Waals surface area contributed by atoms with Crippen molar-refractivity contribution in [1.29, 1.82) is 0 Å². The van der Waals surface area contributed by atoms with E-state index in [1.165, 1.54) is 42.3 Å². The number of carbonyl (C=O) groups is 4. The molecule has 2 aliphatic heterocycles. The van der Waals surface area contributed by atoms with Gasteiger partial charge in [0.2, 0.25) is 12.1 Å². The Morgan fingerprint density at radius 1 is 1.23 bits per heavy atom. The van der Waals surface area contributed by atoms with Gasteiger partial charge in [0, 0.05) is 25.7 Å². The maximum atomic E-state index is 12.5. The number of esters is 1. The van der Waals surface area contributed by atoms with Gasteiger partial charge in [-0.1, -0.05) is 18.2 Å². The molecular formula is C26H27N3O9S. The fraction of sp³-hybridized carbons (Fsp3) is 0.385. The minimum absolute atomic E-state index is 0.0280. The lowest BCUT2D eigenvalue weighted by Gasteiger charge is -2.47. The Morgan fingerprint density at radius 3 is 2.44 bits per heavy atom. The van der Waals surface area contributed by atoms with Gasteiger partial charge in [0.05, 0.1) is 10.7 Å². The summed E-state index contributed by atoms with van der Waals surface area (Å²) in [4.78, 5) is 59.6. The van der Waals surface area contributed by atoms with Crippen molar-refractivity contribution in [3.05, 3.63) is 64.2 Å². The Labute approximate surface area is 227 Å². The second-order valence-corrected chi connectivity index (χ2v) is 10.2. The number of hydrogen-bond donors (Lipinski definition) is 2. The molecule has 5 rings (SSSR count). The first kappa shape index (κ1) is 28.2. The van der Waals surface area contributed by atoms with Gasteiger partial charge in [-0.2, -0.15) is 0 Å². The largest absolute Gasteiger partial charge is 0.457 e. The number of non-ortho nitro benzene ring substituents is 1. The molecule has 206 valence electrons. The zero-order valence-electron chi connectivity index (χ0n) is 21.0. The number of aliphatic hydroxyl groups excluding tert-OH is 1. The molecule has 4 atom stereocenters. The van der Waals surface area contributed by atoms with Crippen molar-refractivity contribution in [2.24, 2.45) is 0 Å². The number of carbonyl (C=O) groups excluding carboxylic acids is 4. The number of thioether (sulfide) groups is 1. The highest BCUT2D eigenvalue weighted by atomic mass is 32.2. The number of nitro benzene ring substituents is 1. The van der Waals surface area contributed by atoms with Crippen LogP contribution in [0, 0.1) is 10.1 Å². The fourth-order valence-corrected chi connectivity index (χ4v) is 5.38. The van der Waals surface area contributed by atoms with Gasteiger partial charge in [0.15, 0.2) is 5.78 Å². The summed E-state index contributed by atoms with van der Waals surface area (Å²) in [5.74, 6) is -2.47. The molecule has 1 aromatic rings. The summed E-state index contributed by atoms with van der Waals surface area (Å²) in [6, 6.07) is 12.8. The van der Waals surface area contributed by atoms with Crippen LogP contribution >= 0.6 is 11.8 Å². The molecule has 0 aromatic heterocycles. The van der Waals surface area contributed by atoms with Crippen LogP contribution in [0.25, 0.3) is 11.1 Å². The van der Waals surface area contributed by atoms with Crippen LogP contribution < -0.4 is 5.32 Å². The number of benzene rings is 2. The van der Waals surface area contributed by atoms with Crippen LogP contribution in [0.15, 0.2) is 48.5 Å². The maximum absolute atomic E-state index is 12.5. The topological polar surface area (TPSA) is 165 Å². The van der Waals surface area contributed by atoms with Gasteiger partial charge < -0.3 is 19.9 Å². The smallest absolute Gasteiger partial charge is 0.356 e. The fourth-order valence-electron chi connectivity index (χ4n) is 4.10. The molecule has 0 radical (unpaired) electrons. The predicted octanol–water partition coefficient (Wildman–Crippen LogP) is 1.78. The number of hydrogen-bond acceptors (Lipinski definition) is 10. The van der Waals surface area contributed by atoms with Gasteiger partial charge in [-0.25, -0.2) is 4.79 Å². The normalized spacial score (nSPS) is 21.1. The number of nitrogens with one attached hydrogen (secondary N) is 1. The zero-order valence-corrected chi connectivity index (χ0v) is 21.8. The Morgan fingerprint density at radius 2 is 1.92 bits per heavy atom. The summed E-state index contributed by atoms with van der Waals surface area (Å²) < 4.78 is 10.4. The number of rotatable bonds is 10. The summed E-state index contributed by atoms with van der Waals surface area (Å²) in [5, 5.41) is 22.7. The summed E-state index contributed by atoms with van der Waals surface area (Å²) in [6.45, 7) is 1.45. The number of likely N-dealkylation sites (tertiary alicyclic amines) is 1. The van der Waals surface area contributed by atoms with Crippen molar-refractivity contribution in [2.75, 3.05) is 12.4 Å². The minimum Gasteiger partial charge on any atom is -0.457 e. The van der Waals surface area contributed by atoms with Crippen LogP contribution in [-0.4, -0.2) is 74.6 Å². The molecule has 13 heteroatoms. The molecule has 12 nitrogen and oxygen atoms in total. The lowest BCUT2D eigenvalue weighted by molar-refractivity contribution is -0.384. The van der Waals surface area contributed by atoms with Crippen molar-refractivity contribution in [2.45, 2.75) is 50.1 Å². The van der Waals surface area contributed by atoms with E-state index in [9.17, 15) is 34.4 Å². The Kier molecular flexibility index (Phi) is 8.94. The van der Waals surface area contributed by atoms with Crippen LogP contribution in [0.1, 0.15) is 25.3 Å². The van der Waals surface area contributed by atoms with Gasteiger partial charge in [-0.05, 0) is 47.7 Å².